The molecule has 0 spiro atoms. The molecule has 1 fully saturated rings. The molecule has 0 aromatic heterocycles. The molecule has 1 aromatic rings. The van der Waals surface area contributed by atoms with Crippen molar-refractivity contribution in [1.82, 2.24) is 10.2 Å². The summed E-state index contributed by atoms with van der Waals surface area (Å²) in [6.07, 6.45) is 0.218. The molecule has 0 atom stereocenters. The van der Waals surface area contributed by atoms with Crippen LogP contribution in [0.2, 0.25) is 0 Å². The van der Waals surface area contributed by atoms with Gasteiger partial charge in [-0.15, -0.1) is 0 Å². The Hall–Kier alpha value is -1.98. The minimum Gasteiger partial charge on any atom is -0.347 e. The SMILES string of the molecule is O=C1CCN(Cc2ccc(F)c(F)c2)C(=O)CN1. The highest BCUT2D eigenvalue weighted by molar-refractivity contribution is 5.87. The maximum Gasteiger partial charge on any atom is 0.242 e. The van der Waals surface area contributed by atoms with E-state index in [0.717, 1.165) is 12.1 Å². The largest absolute Gasteiger partial charge is 0.347 e. The van der Waals surface area contributed by atoms with E-state index in [9.17, 15) is 18.4 Å². The molecule has 1 aromatic carbocycles. The molecule has 0 radical (unpaired) electrons. The third-order valence-electron chi connectivity index (χ3n) is 2.76. The molecule has 0 bridgehead atoms. The summed E-state index contributed by atoms with van der Waals surface area (Å²) in [5.41, 5.74) is 0.497. The van der Waals surface area contributed by atoms with E-state index < -0.39 is 11.6 Å². The van der Waals surface area contributed by atoms with Gasteiger partial charge < -0.3 is 10.2 Å². The number of benzene rings is 1. The maximum atomic E-state index is 13.0. The van der Waals surface area contributed by atoms with E-state index in [4.69, 9.17) is 0 Å². The number of carbonyl (C=O) groups excluding carboxylic acids is 2. The van der Waals surface area contributed by atoms with E-state index in [1.807, 2.05) is 0 Å². The van der Waals surface area contributed by atoms with Crippen molar-refractivity contribution in [2.75, 3.05) is 13.1 Å². The van der Waals surface area contributed by atoms with Gasteiger partial charge in [0.2, 0.25) is 11.8 Å². The molecule has 4 nitrogen and oxygen atoms in total. The van der Waals surface area contributed by atoms with Gasteiger partial charge in [0.05, 0.1) is 6.54 Å². The lowest BCUT2D eigenvalue weighted by Gasteiger charge is -2.19. The monoisotopic (exact) mass is 254 g/mol. The highest BCUT2D eigenvalue weighted by Gasteiger charge is 2.20. The predicted molar refractivity (Wildman–Crippen MR) is 59.4 cm³/mol. The summed E-state index contributed by atoms with van der Waals surface area (Å²) in [5, 5.41) is 2.47. The summed E-state index contributed by atoms with van der Waals surface area (Å²) in [5.74, 6) is -2.27. The zero-order chi connectivity index (χ0) is 13.1. The molecule has 1 aliphatic rings. The van der Waals surface area contributed by atoms with E-state index in [1.54, 1.807) is 0 Å². The van der Waals surface area contributed by atoms with Crippen LogP contribution in [0.4, 0.5) is 8.78 Å². The first-order valence-electron chi connectivity index (χ1n) is 5.54. The summed E-state index contributed by atoms with van der Waals surface area (Å²) < 4.78 is 25.8. The van der Waals surface area contributed by atoms with Gasteiger partial charge in [0.1, 0.15) is 0 Å². The van der Waals surface area contributed by atoms with Gasteiger partial charge in [0.15, 0.2) is 11.6 Å². The maximum absolute atomic E-state index is 13.0. The Bertz CT molecular complexity index is 491. The standard InChI is InChI=1S/C12H12F2N2O2/c13-9-2-1-8(5-10(9)14)7-16-4-3-11(17)15-6-12(16)18/h1-2,5H,3-4,6-7H2,(H,15,17). The van der Waals surface area contributed by atoms with Gasteiger partial charge in [-0.1, -0.05) is 6.07 Å². The van der Waals surface area contributed by atoms with Crippen LogP contribution in [0.5, 0.6) is 0 Å². The van der Waals surface area contributed by atoms with Crippen molar-refractivity contribution >= 4 is 11.8 Å². The number of amides is 2. The lowest BCUT2D eigenvalue weighted by Crippen LogP contribution is -2.34. The number of carbonyl (C=O) groups is 2. The van der Waals surface area contributed by atoms with Gasteiger partial charge in [-0.25, -0.2) is 8.78 Å². The Morgan fingerprint density at radius 1 is 1.22 bits per heavy atom. The molecule has 0 saturated carbocycles. The van der Waals surface area contributed by atoms with Gasteiger partial charge in [-0.05, 0) is 17.7 Å². The van der Waals surface area contributed by atoms with Gasteiger partial charge >= 0.3 is 0 Å². The van der Waals surface area contributed by atoms with Gasteiger partial charge in [0.25, 0.3) is 0 Å². The van der Waals surface area contributed by atoms with Crippen molar-refractivity contribution in [2.45, 2.75) is 13.0 Å². The number of halogens is 2. The minimum absolute atomic E-state index is 0.0531. The molecule has 1 heterocycles. The molecule has 2 rings (SSSR count). The molecule has 0 aliphatic carbocycles. The van der Waals surface area contributed by atoms with E-state index >= 15 is 0 Å². The second-order valence-corrected chi connectivity index (χ2v) is 4.09. The molecule has 1 N–H and O–H groups in total. The zero-order valence-corrected chi connectivity index (χ0v) is 9.58. The van der Waals surface area contributed by atoms with E-state index in [0.29, 0.717) is 5.56 Å². The molecular weight excluding hydrogens is 242 g/mol. The summed E-state index contributed by atoms with van der Waals surface area (Å²) >= 11 is 0. The number of hydrogen-bond acceptors (Lipinski definition) is 2. The fraction of sp³-hybridized carbons (Fsp3) is 0.333. The Kier molecular flexibility index (Phi) is 3.55. The zero-order valence-electron chi connectivity index (χ0n) is 9.58. The Balaban J connectivity index is 2.09. The lowest BCUT2D eigenvalue weighted by atomic mass is 10.2. The second kappa shape index (κ2) is 5.12. The van der Waals surface area contributed by atoms with Crippen molar-refractivity contribution in [2.24, 2.45) is 0 Å². The number of hydrogen-bond donors (Lipinski definition) is 1. The van der Waals surface area contributed by atoms with Crippen LogP contribution in [0, 0.1) is 11.6 Å². The molecule has 6 heteroatoms. The summed E-state index contributed by atoms with van der Waals surface area (Å²) in [6, 6.07) is 3.50. The van der Waals surface area contributed by atoms with E-state index in [-0.39, 0.29) is 37.9 Å². The van der Waals surface area contributed by atoms with Crippen LogP contribution in [-0.2, 0) is 16.1 Å². The van der Waals surface area contributed by atoms with Gasteiger partial charge in [-0.3, -0.25) is 9.59 Å². The lowest BCUT2D eigenvalue weighted by molar-refractivity contribution is -0.130. The number of nitrogens with one attached hydrogen (secondary N) is 1. The van der Waals surface area contributed by atoms with E-state index in [2.05, 4.69) is 5.32 Å². The van der Waals surface area contributed by atoms with Crippen molar-refractivity contribution < 1.29 is 18.4 Å². The van der Waals surface area contributed by atoms with Crippen LogP contribution in [0.3, 0.4) is 0 Å². The quantitative estimate of drug-likeness (QED) is 0.849. The fourth-order valence-corrected chi connectivity index (χ4v) is 1.76. The molecule has 1 aliphatic heterocycles. The normalized spacial score (nSPS) is 16.4. The summed E-state index contributed by atoms with van der Waals surface area (Å²) in [7, 11) is 0. The van der Waals surface area contributed by atoms with Crippen LogP contribution in [0.25, 0.3) is 0 Å². The average molecular weight is 254 g/mol. The first-order valence-corrected chi connectivity index (χ1v) is 5.54. The summed E-state index contributed by atoms with van der Waals surface area (Å²) in [4.78, 5) is 24.2. The molecule has 1 saturated heterocycles. The van der Waals surface area contributed by atoms with Crippen LogP contribution in [-0.4, -0.2) is 29.8 Å². The highest BCUT2D eigenvalue weighted by Crippen LogP contribution is 2.12. The van der Waals surface area contributed by atoms with E-state index in [1.165, 1.54) is 11.0 Å². The molecule has 96 valence electrons. The first kappa shape index (κ1) is 12.5. The molecular formula is C12H12F2N2O2. The number of rotatable bonds is 2. The topological polar surface area (TPSA) is 49.4 Å². The number of nitrogens with zero attached hydrogens (tertiary/aromatic N) is 1. The Labute approximate surface area is 103 Å². The molecule has 18 heavy (non-hydrogen) atoms. The highest BCUT2D eigenvalue weighted by atomic mass is 19.2. The smallest absolute Gasteiger partial charge is 0.242 e. The van der Waals surface area contributed by atoms with Crippen LogP contribution < -0.4 is 5.32 Å². The Morgan fingerprint density at radius 2 is 2.00 bits per heavy atom. The molecule has 0 unspecified atom stereocenters. The Morgan fingerprint density at radius 3 is 2.72 bits per heavy atom. The van der Waals surface area contributed by atoms with Gasteiger partial charge in [-0.2, -0.15) is 0 Å². The van der Waals surface area contributed by atoms with Crippen molar-refractivity contribution in [3.63, 3.8) is 0 Å². The van der Waals surface area contributed by atoms with Crippen LogP contribution in [0.1, 0.15) is 12.0 Å². The van der Waals surface area contributed by atoms with Crippen molar-refractivity contribution in [1.29, 1.82) is 0 Å². The third-order valence-corrected chi connectivity index (χ3v) is 2.76. The third kappa shape index (κ3) is 2.82. The van der Waals surface area contributed by atoms with Gasteiger partial charge in [0, 0.05) is 19.5 Å². The second-order valence-electron chi connectivity index (χ2n) is 4.09. The average Bonchev–Trinajstić information content (AvgIpc) is 2.49. The van der Waals surface area contributed by atoms with Crippen molar-refractivity contribution in [3.8, 4) is 0 Å². The fourth-order valence-electron chi connectivity index (χ4n) is 1.76. The van der Waals surface area contributed by atoms with Crippen LogP contribution >= 0.6 is 0 Å². The summed E-state index contributed by atoms with van der Waals surface area (Å²) in [6.45, 7) is 0.400. The molecule has 2 amide bonds. The van der Waals surface area contributed by atoms with Crippen molar-refractivity contribution in [3.05, 3.63) is 35.4 Å². The van der Waals surface area contributed by atoms with Crippen LogP contribution in [0.15, 0.2) is 18.2 Å². The predicted octanol–water partition coefficient (Wildman–Crippen LogP) is 0.813. The first-order chi connectivity index (χ1) is 8.56. The minimum atomic E-state index is -0.941.